The van der Waals surface area contributed by atoms with Crippen LogP contribution in [0.5, 0.6) is 5.88 Å². The summed E-state index contributed by atoms with van der Waals surface area (Å²) in [6.07, 6.45) is 2.34. The molecule has 2 aromatic heterocycles. The number of amides is 1. The van der Waals surface area contributed by atoms with E-state index in [9.17, 15) is 4.79 Å². The summed E-state index contributed by atoms with van der Waals surface area (Å²) in [6.45, 7) is 4.66. The zero-order valence-corrected chi connectivity index (χ0v) is 18.8. The van der Waals surface area contributed by atoms with Crippen LogP contribution in [0.4, 0.5) is 0 Å². The molecule has 0 unspecified atom stereocenters. The summed E-state index contributed by atoms with van der Waals surface area (Å²) < 4.78 is 5.72. The fourth-order valence-electron chi connectivity index (χ4n) is 3.32. The van der Waals surface area contributed by atoms with Crippen LogP contribution in [0.25, 0.3) is 10.2 Å². The summed E-state index contributed by atoms with van der Waals surface area (Å²) >= 11 is 1.42. The van der Waals surface area contributed by atoms with Crippen molar-refractivity contribution in [2.75, 3.05) is 6.61 Å². The van der Waals surface area contributed by atoms with E-state index in [2.05, 4.69) is 44.9 Å². The number of hydrogen-bond acceptors (Lipinski definition) is 6. The highest BCUT2D eigenvalue weighted by Gasteiger charge is 2.18. The van der Waals surface area contributed by atoms with Crippen LogP contribution in [0.15, 0.2) is 66.3 Å². The molecule has 2 aromatic carbocycles. The maximum Gasteiger partial charge on any atom is 0.253 e. The number of carbonyl (C=O) groups excluding carboxylic acids is 1. The van der Waals surface area contributed by atoms with Crippen LogP contribution in [0, 0.1) is 0 Å². The second-order valence-corrected chi connectivity index (χ2v) is 8.30. The van der Waals surface area contributed by atoms with Crippen molar-refractivity contribution in [3.05, 3.63) is 88.6 Å². The van der Waals surface area contributed by atoms with Crippen molar-refractivity contribution in [2.24, 2.45) is 0 Å². The smallest absolute Gasteiger partial charge is 0.253 e. The van der Waals surface area contributed by atoms with Gasteiger partial charge in [0.2, 0.25) is 5.88 Å². The van der Waals surface area contributed by atoms with Crippen molar-refractivity contribution in [2.45, 2.75) is 33.0 Å². The lowest BCUT2D eigenvalue weighted by Crippen LogP contribution is -2.22. The van der Waals surface area contributed by atoms with Gasteiger partial charge in [0, 0.05) is 25.0 Å². The molecule has 4 aromatic rings. The molecule has 2 N–H and O–H groups in total. The third kappa shape index (κ3) is 5.49. The SMILES string of the molecule is CCCOc1ncnc2scc(C(=O)NCc3ccc(CNCc4ccccc4)cc3)c12. The molecule has 4 rings (SSSR count). The van der Waals surface area contributed by atoms with Crippen LogP contribution >= 0.6 is 11.3 Å². The van der Waals surface area contributed by atoms with Crippen molar-refractivity contribution in [3.8, 4) is 5.88 Å². The number of hydrogen-bond donors (Lipinski definition) is 2. The first-order valence-electron chi connectivity index (χ1n) is 10.7. The minimum absolute atomic E-state index is 0.152. The van der Waals surface area contributed by atoms with Crippen LogP contribution in [0.1, 0.15) is 40.4 Å². The molecule has 0 aliphatic carbocycles. The normalized spacial score (nSPS) is 10.9. The molecular weight excluding hydrogens is 420 g/mol. The average molecular weight is 447 g/mol. The molecule has 0 fully saturated rings. The van der Waals surface area contributed by atoms with Crippen molar-refractivity contribution in [3.63, 3.8) is 0 Å². The Kier molecular flexibility index (Phi) is 7.42. The zero-order valence-electron chi connectivity index (χ0n) is 18.0. The number of nitrogens with zero attached hydrogens (tertiary/aromatic N) is 2. The van der Waals surface area contributed by atoms with E-state index in [0.29, 0.717) is 30.0 Å². The number of aromatic nitrogens is 2. The van der Waals surface area contributed by atoms with Gasteiger partial charge < -0.3 is 15.4 Å². The number of thiophene rings is 1. The lowest BCUT2D eigenvalue weighted by atomic mass is 10.1. The van der Waals surface area contributed by atoms with E-state index >= 15 is 0 Å². The van der Waals surface area contributed by atoms with Crippen LogP contribution in [0.2, 0.25) is 0 Å². The Labute approximate surface area is 191 Å². The molecule has 1 amide bonds. The Balaban J connectivity index is 1.33. The van der Waals surface area contributed by atoms with E-state index in [1.165, 1.54) is 28.8 Å². The number of rotatable bonds is 10. The lowest BCUT2D eigenvalue weighted by molar-refractivity contribution is 0.0952. The zero-order chi connectivity index (χ0) is 22.2. The van der Waals surface area contributed by atoms with Gasteiger partial charge in [-0.15, -0.1) is 11.3 Å². The monoisotopic (exact) mass is 446 g/mol. The number of carbonyl (C=O) groups is 1. The number of fused-ring (bicyclic) bond motifs is 1. The predicted molar refractivity (Wildman–Crippen MR) is 128 cm³/mol. The Hall–Kier alpha value is -3.29. The van der Waals surface area contributed by atoms with E-state index in [1.54, 1.807) is 0 Å². The number of benzene rings is 2. The fraction of sp³-hybridized carbons (Fsp3) is 0.240. The summed E-state index contributed by atoms with van der Waals surface area (Å²) in [5.41, 5.74) is 4.07. The van der Waals surface area contributed by atoms with E-state index in [4.69, 9.17) is 4.74 Å². The van der Waals surface area contributed by atoms with Gasteiger partial charge in [0.1, 0.15) is 11.2 Å². The average Bonchev–Trinajstić information content (AvgIpc) is 3.28. The molecule has 0 atom stereocenters. The number of ether oxygens (including phenoxy) is 1. The molecule has 0 aliphatic rings. The van der Waals surface area contributed by atoms with Gasteiger partial charge in [0.15, 0.2) is 0 Å². The molecular formula is C25H26N4O2S. The van der Waals surface area contributed by atoms with Gasteiger partial charge in [-0.05, 0) is 23.1 Å². The van der Waals surface area contributed by atoms with Gasteiger partial charge in [-0.1, -0.05) is 61.5 Å². The Bertz CT molecular complexity index is 1160. The maximum atomic E-state index is 12.8. The van der Waals surface area contributed by atoms with Crippen molar-refractivity contribution < 1.29 is 9.53 Å². The maximum absolute atomic E-state index is 12.8. The third-order valence-corrected chi connectivity index (χ3v) is 5.89. The third-order valence-electron chi connectivity index (χ3n) is 5.00. The number of nitrogens with one attached hydrogen (secondary N) is 2. The quantitative estimate of drug-likeness (QED) is 0.369. The van der Waals surface area contributed by atoms with E-state index < -0.39 is 0 Å². The first-order valence-corrected chi connectivity index (χ1v) is 11.6. The van der Waals surface area contributed by atoms with Crippen molar-refractivity contribution in [1.82, 2.24) is 20.6 Å². The van der Waals surface area contributed by atoms with E-state index in [-0.39, 0.29) is 5.91 Å². The Morgan fingerprint density at radius 1 is 0.938 bits per heavy atom. The van der Waals surface area contributed by atoms with Gasteiger partial charge >= 0.3 is 0 Å². The summed E-state index contributed by atoms with van der Waals surface area (Å²) in [5.74, 6) is 0.316. The van der Waals surface area contributed by atoms with Crippen LogP contribution in [-0.4, -0.2) is 22.5 Å². The molecule has 0 radical (unpaired) electrons. The van der Waals surface area contributed by atoms with E-state index in [1.807, 2.05) is 42.6 Å². The Morgan fingerprint density at radius 3 is 2.34 bits per heavy atom. The molecule has 7 heteroatoms. The summed E-state index contributed by atoms with van der Waals surface area (Å²) in [5, 5.41) is 8.95. The fourth-order valence-corrected chi connectivity index (χ4v) is 4.20. The van der Waals surface area contributed by atoms with Crippen LogP contribution in [0.3, 0.4) is 0 Å². The van der Waals surface area contributed by atoms with Gasteiger partial charge in [0.25, 0.3) is 5.91 Å². The van der Waals surface area contributed by atoms with Crippen molar-refractivity contribution >= 4 is 27.5 Å². The molecule has 2 heterocycles. The summed E-state index contributed by atoms with van der Waals surface area (Å²) in [4.78, 5) is 22.1. The highest BCUT2D eigenvalue weighted by Crippen LogP contribution is 2.30. The molecule has 6 nitrogen and oxygen atoms in total. The first kappa shape index (κ1) is 21.9. The van der Waals surface area contributed by atoms with Gasteiger partial charge in [-0.2, -0.15) is 0 Å². The second-order valence-electron chi connectivity index (χ2n) is 7.45. The second kappa shape index (κ2) is 10.8. The molecule has 0 saturated carbocycles. The highest BCUT2D eigenvalue weighted by atomic mass is 32.1. The van der Waals surface area contributed by atoms with Crippen molar-refractivity contribution in [1.29, 1.82) is 0 Å². The predicted octanol–water partition coefficient (Wildman–Crippen LogP) is 4.70. The minimum atomic E-state index is -0.152. The summed E-state index contributed by atoms with van der Waals surface area (Å²) in [6, 6.07) is 18.6. The summed E-state index contributed by atoms with van der Waals surface area (Å²) in [7, 11) is 0. The first-order chi connectivity index (χ1) is 15.7. The molecule has 0 aliphatic heterocycles. The van der Waals surface area contributed by atoms with Gasteiger partial charge in [0.05, 0.1) is 17.6 Å². The largest absolute Gasteiger partial charge is 0.477 e. The van der Waals surface area contributed by atoms with Gasteiger partial charge in [-0.25, -0.2) is 9.97 Å². The van der Waals surface area contributed by atoms with Crippen LogP contribution < -0.4 is 15.4 Å². The highest BCUT2D eigenvalue weighted by molar-refractivity contribution is 7.17. The standard InChI is InChI=1S/C25H26N4O2S/c1-2-12-31-24-22-21(16-32-25(22)29-17-28-24)23(30)27-15-20-10-8-19(9-11-20)14-26-13-18-6-4-3-5-7-18/h3-11,16-17,26H,2,12-15H2,1H3,(H,27,30). The molecule has 0 saturated heterocycles. The van der Waals surface area contributed by atoms with Gasteiger partial charge in [-0.3, -0.25) is 4.79 Å². The molecule has 0 bridgehead atoms. The van der Waals surface area contributed by atoms with Crippen LogP contribution in [-0.2, 0) is 19.6 Å². The Morgan fingerprint density at radius 2 is 1.62 bits per heavy atom. The molecule has 32 heavy (non-hydrogen) atoms. The molecule has 0 spiro atoms. The van der Waals surface area contributed by atoms with E-state index in [0.717, 1.165) is 29.9 Å². The minimum Gasteiger partial charge on any atom is -0.477 e. The topological polar surface area (TPSA) is 76.1 Å². The molecule has 164 valence electrons. The lowest BCUT2D eigenvalue weighted by Gasteiger charge is -2.09.